The maximum atomic E-state index is 13.7. The van der Waals surface area contributed by atoms with Crippen LogP contribution in [0.1, 0.15) is 21.5 Å². The summed E-state index contributed by atoms with van der Waals surface area (Å²) in [4.78, 5) is 12.0. The van der Waals surface area contributed by atoms with Crippen LogP contribution in [0.25, 0.3) is 0 Å². The van der Waals surface area contributed by atoms with Crippen LogP contribution in [-0.4, -0.2) is 5.91 Å². The largest absolute Gasteiger partial charge is 0.322 e. The first-order chi connectivity index (χ1) is 8.95. The normalized spacial score (nSPS) is 10.3. The fourth-order valence-corrected chi connectivity index (χ4v) is 2.25. The molecule has 0 atom stereocenters. The van der Waals surface area contributed by atoms with Gasteiger partial charge in [0.25, 0.3) is 5.91 Å². The SMILES string of the molecule is Cc1cc(C)cc(NC(=O)c2ccc(Br)cc2F)c1. The minimum atomic E-state index is -0.545. The Hall–Kier alpha value is -1.68. The van der Waals surface area contributed by atoms with Crippen molar-refractivity contribution in [3.8, 4) is 0 Å². The molecule has 0 aliphatic heterocycles. The second kappa shape index (κ2) is 5.53. The van der Waals surface area contributed by atoms with E-state index in [9.17, 15) is 9.18 Å². The van der Waals surface area contributed by atoms with Crippen LogP contribution in [0.3, 0.4) is 0 Å². The predicted octanol–water partition coefficient (Wildman–Crippen LogP) is 4.46. The van der Waals surface area contributed by atoms with Crippen molar-refractivity contribution in [3.05, 3.63) is 63.4 Å². The van der Waals surface area contributed by atoms with E-state index < -0.39 is 11.7 Å². The lowest BCUT2D eigenvalue weighted by Crippen LogP contribution is -2.13. The van der Waals surface area contributed by atoms with E-state index in [0.717, 1.165) is 11.1 Å². The number of anilines is 1. The highest BCUT2D eigenvalue weighted by molar-refractivity contribution is 9.10. The van der Waals surface area contributed by atoms with Gasteiger partial charge in [-0.25, -0.2) is 4.39 Å². The van der Waals surface area contributed by atoms with Gasteiger partial charge in [-0.15, -0.1) is 0 Å². The Morgan fingerprint density at radius 3 is 2.32 bits per heavy atom. The molecule has 0 fully saturated rings. The Kier molecular flexibility index (Phi) is 4.00. The van der Waals surface area contributed by atoms with Crippen molar-refractivity contribution in [1.82, 2.24) is 0 Å². The molecule has 19 heavy (non-hydrogen) atoms. The Morgan fingerprint density at radius 2 is 1.74 bits per heavy atom. The molecule has 2 aromatic rings. The van der Waals surface area contributed by atoms with Gasteiger partial charge in [0.1, 0.15) is 5.82 Å². The molecule has 4 heteroatoms. The monoisotopic (exact) mass is 321 g/mol. The first kappa shape index (κ1) is 13.7. The van der Waals surface area contributed by atoms with E-state index in [2.05, 4.69) is 21.2 Å². The molecule has 2 rings (SSSR count). The minimum absolute atomic E-state index is 0.0300. The maximum absolute atomic E-state index is 13.7. The molecule has 0 aliphatic carbocycles. The number of carbonyl (C=O) groups is 1. The molecule has 0 aromatic heterocycles. The summed E-state index contributed by atoms with van der Waals surface area (Å²) in [6.07, 6.45) is 0. The number of halogens is 2. The molecular weight excluding hydrogens is 309 g/mol. The lowest BCUT2D eigenvalue weighted by atomic mass is 10.1. The molecule has 0 saturated carbocycles. The van der Waals surface area contributed by atoms with Crippen molar-refractivity contribution >= 4 is 27.5 Å². The summed E-state index contributed by atoms with van der Waals surface area (Å²) in [5, 5.41) is 2.71. The first-order valence-corrected chi connectivity index (χ1v) is 6.60. The molecule has 98 valence electrons. The van der Waals surface area contributed by atoms with Crippen LogP contribution < -0.4 is 5.32 Å². The van der Waals surface area contributed by atoms with Crippen LogP contribution in [0.2, 0.25) is 0 Å². The van der Waals surface area contributed by atoms with E-state index in [1.54, 1.807) is 6.07 Å². The average Bonchev–Trinajstić information content (AvgIpc) is 2.26. The zero-order valence-corrected chi connectivity index (χ0v) is 12.2. The lowest BCUT2D eigenvalue weighted by molar-refractivity contribution is 0.102. The van der Waals surface area contributed by atoms with E-state index in [1.807, 2.05) is 32.0 Å². The first-order valence-electron chi connectivity index (χ1n) is 5.80. The molecule has 0 unspecified atom stereocenters. The summed E-state index contributed by atoms with van der Waals surface area (Å²) in [6.45, 7) is 3.89. The minimum Gasteiger partial charge on any atom is -0.322 e. The number of benzene rings is 2. The van der Waals surface area contributed by atoms with Gasteiger partial charge in [-0.3, -0.25) is 4.79 Å². The number of hydrogen-bond donors (Lipinski definition) is 1. The fraction of sp³-hybridized carbons (Fsp3) is 0.133. The molecule has 0 radical (unpaired) electrons. The lowest BCUT2D eigenvalue weighted by Gasteiger charge is -2.08. The van der Waals surface area contributed by atoms with Crippen molar-refractivity contribution in [1.29, 1.82) is 0 Å². The van der Waals surface area contributed by atoms with Gasteiger partial charge in [0, 0.05) is 10.2 Å². The second-order valence-corrected chi connectivity index (χ2v) is 5.37. The smallest absolute Gasteiger partial charge is 0.258 e. The van der Waals surface area contributed by atoms with E-state index >= 15 is 0 Å². The van der Waals surface area contributed by atoms with Gasteiger partial charge in [-0.2, -0.15) is 0 Å². The summed E-state index contributed by atoms with van der Waals surface area (Å²) < 4.78 is 14.3. The third-order valence-electron chi connectivity index (χ3n) is 2.66. The quantitative estimate of drug-likeness (QED) is 0.869. The molecular formula is C15H13BrFNO. The fourth-order valence-electron chi connectivity index (χ4n) is 1.92. The van der Waals surface area contributed by atoms with E-state index in [-0.39, 0.29) is 5.56 Å². The van der Waals surface area contributed by atoms with Gasteiger partial charge in [-0.05, 0) is 55.3 Å². The third-order valence-corrected chi connectivity index (χ3v) is 3.15. The summed E-state index contributed by atoms with van der Waals surface area (Å²) >= 11 is 3.16. The number of aryl methyl sites for hydroxylation is 2. The van der Waals surface area contributed by atoms with E-state index in [1.165, 1.54) is 12.1 Å². The predicted molar refractivity (Wildman–Crippen MR) is 78.0 cm³/mol. The number of rotatable bonds is 2. The van der Waals surface area contributed by atoms with Crippen LogP contribution >= 0.6 is 15.9 Å². The topological polar surface area (TPSA) is 29.1 Å². The van der Waals surface area contributed by atoms with Crippen molar-refractivity contribution in [2.75, 3.05) is 5.32 Å². The van der Waals surface area contributed by atoms with Gasteiger partial charge >= 0.3 is 0 Å². The van der Waals surface area contributed by atoms with E-state index in [4.69, 9.17) is 0 Å². The molecule has 1 amide bonds. The Labute approximate surface area is 119 Å². The molecule has 0 aliphatic rings. The van der Waals surface area contributed by atoms with Crippen LogP contribution in [0.15, 0.2) is 40.9 Å². The molecule has 0 spiro atoms. The summed E-state index contributed by atoms with van der Waals surface area (Å²) in [6, 6.07) is 10.1. The number of carbonyl (C=O) groups excluding carboxylic acids is 1. The van der Waals surface area contributed by atoms with Gasteiger partial charge in [0.15, 0.2) is 0 Å². The van der Waals surface area contributed by atoms with Crippen LogP contribution in [-0.2, 0) is 0 Å². The van der Waals surface area contributed by atoms with Crippen molar-refractivity contribution in [3.63, 3.8) is 0 Å². The highest BCUT2D eigenvalue weighted by Crippen LogP contribution is 2.18. The van der Waals surface area contributed by atoms with Crippen molar-refractivity contribution in [2.45, 2.75) is 13.8 Å². The van der Waals surface area contributed by atoms with Gasteiger partial charge in [0.05, 0.1) is 5.56 Å². The molecule has 2 nitrogen and oxygen atoms in total. The van der Waals surface area contributed by atoms with Gasteiger partial charge < -0.3 is 5.32 Å². The van der Waals surface area contributed by atoms with Gasteiger partial charge in [0.2, 0.25) is 0 Å². The highest BCUT2D eigenvalue weighted by atomic mass is 79.9. The summed E-state index contributed by atoms with van der Waals surface area (Å²) in [5.41, 5.74) is 2.80. The Bertz CT molecular complexity index is 620. The zero-order chi connectivity index (χ0) is 14.0. The van der Waals surface area contributed by atoms with Crippen LogP contribution in [0.5, 0.6) is 0 Å². The van der Waals surface area contributed by atoms with Crippen LogP contribution in [0.4, 0.5) is 10.1 Å². The summed E-state index contributed by atoms with van der Waals surface area (Å²) in [7, 11) is 0. The van der Waals surface area contributed by atoms with E-state index in [0.29, 0.717) is 10.2 Å². The molecule has 0 saturated heterocycles. The highest BCUT2D eigenvalue weighted by Gasteiger charge is 2.12. The number of amides is 1. The van der Waals surface area contributed by atoms with Gasteiger partial charge in [-0.1, -0.05) is 22.0 Å². The molecule has 0 bridgehead atoms. The molecule has 2 aromatic carbocycles. The third kappa shape index (κ3) is 3.41. The maximum Gasteiger partial charge on any atom is 0.258 e. The Balaban J connectivity index is 2.25. The number of hydrogen-bond acceptors (Lipinski definition) is 1. The Morgan fingerprint density at radius 1 is 1.11 bits per heavy atom. The standard InChI is InChI=1S/C15H13BrFNO/c1-9-5-10(2)7-12(6-9)18-15(19)13-4-3-11(16)8-14(13)17/h3-8H,1-2H3,(H,18,19). The summed E-state index contributed by atoms with van der Waals surface area (Å²) in [5.74, 6) is -0.994. The second-order valence-electron chi connectivity index (χ2n) is 4.45. The molecule has 1 N–H and O–H groups in total. The van der Waals surface area contributed by atoms with Crippen molar-refractivity contribution in [2.24, 2.45) is 0 Å². The van der Waals surface area contributed by atoms with Crippen molar-refractivity contribution < 1.29 is 9.18 Å². The number of nitrogens with one attached hydrogen (secondary N) is 1. The average molecular weight is 322 g/mol. The zero-order valence-electron chi connectivity index (χ0n) is 10.6. The molecule has 0 heterocycles. The van der Waals surface area contributed by atoms with Crippen LogP contribution in [0, 0.1) is 19.7 Å².